The summed E-state index contributed by atoms with van der Waals surface area (Å²) in [5, 5.41) is 7.67. The fourth-order valence-corrected chi connectivity index (χ4v) is 1.53. The van der Waals surface area contributed by atoms with Gasteiger partial charge in [-0.1, -0.05) is 13.8 Å². The molecule has 0 saturated carbocycles. The molecular weight excluding hydrogens is 212 g/mol. The number of anilines is 1. The minimum absolute atomic E-state index is 0.0873. The fraction of sp³-hybridized carbons (Fsp3) is 0.500. The van der Waals surface area contributed by atoms with Crippen molar-refractivity contribution in [2.24, 2.45) is 0 Å². The minimum Gasteiger partial charge on any atom is -0.490 e. The molecule has 3 heteroatoms. The summed E-state index contributed by atoms with van der Waals surface area (Å²) in [6, 6.07) is 3.78. The molecule has 3 N–H and O–H groups in total. The molecule has 0 aliphatic heterocycles. The van der Waals surface area contributed by atoms with Crippen LogP contribution in [-0.2, 0) is 0 Å². The molecule has 0 saturated heterocycles. The van der Waals surface area contributed by atoms with E-state index in [9.17, 15) is 0 Å². The third-order valence-electron chi connectivity index (χ3n) is 2.01. The first-order valence-corrected chi connectivity index (χ1v) is 6.04. The molecule has 0 aromatic heterocycles. The summed E-state index contributed by atoms with van der Waals surface area (Å²) in [5.74, 6) is 0.704. The van der Waals surface area contributed by atoms with Gasteiger partial charge in [0.25, 0.3) is 0 Å². The first-order valence-electron chi connectivity index (χ1n) is 6.04. The second-order valence-corrected chi connectivity index (χ2v) is 4.02. The molecule has 3 nitrogen and oxygen atoms in total. The maximum Gasteiger partial charge on any atom is 0.131 e. The lowest BCUT2D eigenvalue weighted by atomic mass is 10.0. The van der Waals surface area contributed by atoms with Crippen molar-refractivity contribution in [1.82, 2.24) is 0 Å². The highest BCUT2D eigenvalue weighted by atomic mass is 16.5. The van der Waals surface area contributed by atoms with Gasteiger partial charge in [0.05, 0.1) is 11.7 Å². The van der Waals surface area contributed by atoms with Crippen molar-refractivity contribution >= 4 is 11.4 Å². The van der Waals surface area contributed by atoms with E-state index in [1.165, 1.54) is 0 Å². The summed E-state index contributed by atoms with van der Waals surface area (Å²) >= 11 is 0. The van der Waals surface area contributed by atoms with E-state index in [4.69, 9.17) is 15.9 Å². The van der Waals surface area contributed by atoms with E-state index in [1.54, 1.807) is 6.92 Å². The second-order valence-electron chi connectivity index (χ2n) is 4.02. The maximum absolute atomic E-state index is 7.67. The largest absolute Gasteiger partial charge is 0.490 e. The smallest absolute Gasteiger partial charge is 0.131 e. The van der Waals surface area contributed by atoms with Crippen LogP contribution in [-0.4, -0.2) is 11.8 Å². The maximum atomic E-state index is 7.67. The summed E-state index contributed by atoms with van der Waals surface area (Å²) in [6.07, 6.45) is 0.0873. The monoisotopic (exact) mass is 236 g/mol. The molecule has 17 heavy (non-hydrogen) atoms. The first-order chi connectivity index (χ1) is 7.91. The molecule has 96 valence electrons. The van der Waals surface area contributed by atoms with Crippen LogP contribution in [0.4, 0.5) is 5.69 Å². The number of nitrogens with one attached hydrogen (secondary N) is 1. The van der Waals surface area contributed by atoms with E-state index in [1.807, 2.05) is 46.8 Å². The fourth-order valence-electron chi connectivity index (χ4n) is 1.53. The molecule has 0 unspecified atom stereocenters. The third kappa shape index (κ3) is 4.47. The van der Waals surface area contributed by atoms with E-state index in [2.05, 4.69) is 0 Å². The number of benzene rings is 1. The lowest BCUT2D eigenvalue weighted by Gasteiger charge is -2.16. The predicted molar refractivity (Wildman–Crippen MR) is 75.2 cm³/mol. The van der Waals surface area contributed by atoms with Crippen LogP contribution in [0.5, 0.6) is 5.75 Å². The molecule has 0 aliphatic rings. The number of nitrogen functional groups attached to an aromatic ring is 1. The Hall–Kier alpha value is -1.51. The zero-order valence-electron chi connectivity index (χ0n) is 11.7. The van der Waals surface area contributed by atoms with Crippen molar-refractivity contribution in [1.29, 1.82) is 5.41 Å². The summed E-state index contributed by atoms with van der Waals surface area (Å²) in [7, 11) is 0. The predicted octanol–water partition coefficient (Wildman–Crippen LogP) is 3.78. The molecule has 1 rings (SSSR count). The average Bonchev–Trinajstić information content (AvgIpc) is 2.17. The number of ether oxygens (including phenoxy) is 1. The van der Waals surface area contributed by atoms with Crippen molar-refractivity contribution < 1.29 is 4.74 Å². The van der Waals surface area contributed by atoms with E-state index in [-0.39, 0.29) is 6.10 Å². The van der Waals surface area contributed by atoms with Gasteiger partial charge >= 0.3 is 0 Å². The molecule has 0 heterocycles. The topological polar surface area (TPSA) is 59.1 Å². The number of rotatable bonds is 3. The first kappa shape index (κ1) is 15.5. The molecule has 0 atom stereocenters. The van der Waals surface area contributed by atoms with Gasteiger partial charge in [0.2, 0.25) is 0 Å². The van der Waals surface area contributed by atoms with Crippen molar-refractivity contribution in [2.75, 3.05) is 5.73 Å². The molecule has 0 amide bonds. The molecule has 1 aromatic rings. The highest BCUT2D eigenvalue weighted by Crippen LogP contribution is 2.27. The molecular formula is C14H24N2O. The van der Waals surface area contributed by atoms with E-state index in [0.717, 1.165) is 5.56 Å². The summed E-state index contributed by atoms with van der Waals surface area (Å²) in [5.41, 5.74) is 8.67. The molecule has 0 spiro atoms. The standard InChI is InChI=1S/C12H18N2O.C2H6/c1-7(2)15-11-6-8(3)5-10(14)12(11)9(4)13;1-2/h5-7,13H,14H2,1-4H3;1-2H3. The van der Waals surface area contributed by atoms with Gasteiger partial charge in [-0.2, -0.15) is 0 Å². The van der Waals surface area contributed by atoms with E-state index < -0.39 is 0 Å². The number of aryl methyl sites for hydroxylation is 1. The Morgan fingerprint density at radius 3 is 2.24 bits per heavy atom. The van der Waals surface area contributed by atoms with Crippen molar-refractivity contribution in [3.63, 3.8) is 0 Å². The van der Waals surface area contributed by atoms with Crippen LogP contribution in [0.2, 0.25) is 0 Å². The van der Waals surface area contributed by atoms with Crippen LogP contribution in [0.3, 0.4) is 0 Å². The van der Waals surface area contributed by atoms with Crippen LogP contribution in [0.1, 0.15) is 45.7 Å². The van der Waals surface area contributed by atoms with Gasteiger partial charge in [0.15, 0.2) is 0 Å². The Kier molecular flexibility index (Phi) is 6.33. The number of nitrogens with two attached hydrogens (primary N) is 1. The number of hydrogen-bond acceptors (Lipinski definition) is 3. The van der Waals surface area contributed by atoms with Gasteiger partial charge in [-0.05, 0) is 45.4 Å². The van der Waals surface area contributed by atoms with Crippen molar-refractivity contribution in [2.45, 2.75) is 47.6 Å². The van der Waals surface area contributed by atoms with Crippen LogP contribution >= 0.6 is 0 Å². The summed E-state index contributed by atoms with van der Waals surface area (Å²) < 4.78 is 5.65. The van der Waals surface area contributed by atoms with E-state index in [0.29, 0.717) is 22.7 Å². The van der Waals surface area contributed by atoms with Crippen molar-refractivity contribution in [3.8, 4) is 5.75 Å². The van der Waals surface area contributed by atoms with E-state index >= 15 is 0 Å². The van der Waals surface area contributed by atoms with Gasteiger partial charge in [0.1, 0.15) is 5.75 Å². The summed E-state index contributed by atoms with van der Waals surface area (Å²) in [4.78, 5) is 0. The van der Waals surface area contributed by atoms with Crippen LogP contribution in [0, 0.1) is 12.3 Å². The highest BCUT2D eigenvalue weighted by Gasteiger charge is 2.12. The van der Waals surface area contributed by atoms with Crippen LogP contribution in [0.15, 0.2) is 12.1 Å². The van der Waals surface area contributed by atoms with Gasteiger partial charge in [-0.3, -0.25) is 0 Å². The molecule has 0 radical (unpaired) electrons. The normalized spacial score (nSPS) is 9.59. The van der Waals surface area contributed by atoms with Gasteiger partial charge < -0.3 is 15.9 Å². The molecule has 0 aliphatic carbocycles. The average molecular weight is 236 g/mol. The Labute approximate surface area is 104 Å². The van der Waals surface area contributed by atoms with Crippen molar-refractivity contribution in [3.05, 3.63) is 23.3 Å². The third-order valence-corrected chi connectivity index (χ3v) is 2.01. The van der Waals surface area contributed by atoms with Crippen LogP contribution < -0.4 is 10.5 Å². The highest BCUT2D eigenvalue weighted by molar-refractivity contribution is 6.03. The van der Waals surface area contributed by atoms with Gasteiger partial charge in [-0.25, -0.2) is 0 Å². The Bertz CT molecular complexity index is 384. The quantitative estimate of drug-likeness (QED) is 0.620. The number of hydrogen-bond donors (Lipinski definition) is 2. The zero-order chi connectivity index (χ0) is 13.6. The zero-order valence-corrected chi connectivity index (χ0v) is 11.7. The van der Waals surface area contributed by atoms with Gasteiger partial charge in [0, 0.05) is 11.4 Å². The Morgan fingerprint density at radius 1 is 1.29 bits per heavy atom. The minimum atomic E-state index is 0.0873. The molecule has 0 bridgehead atoms. The Balaban J connectivity index is 0.00000121. The Morgan fingerprint density at radius 2 is 1.82 bits per heavy atom. The SMILES string of the molecule is CC.CC(=N)c1c(N)cc(C)cc1OC(C)C. The molecule has 1 aromatic carbocycles. The second kappa shape index (κ2) is 6.94. The van der Waals surface area contributed by atoms with Crippen LogP contribution in [0.25, 0.3) is 0 Å². The van der Waals surface area contributed by atoms with Gasteiger partial charge in [-0.15, -0.1) is 0 Å². The summed E-state index contributed by atoms with van der Waals surface area (Å²) in [6.45, 7) is 11.6. The molecule has 0 fully saturated rings. The lowest BCUT2D eigenvalue weighted by molar-refractivity contribution is 0.242. The lowest BCUT2D eigenvalue weighted by Crippen LogP contribution is -2.11.